The third-order valence-corrected chi connectivity index (χ3v) is 3.70. The van der Waals surface area contributed by atoms with Gasteiger partial charge >= 0.3 is 0 Å². The molecule has 0 aromatic rings. The zero-order valence-corrected chi connectivity index (χ0v) is 13.1. The number of carbonyl (C=O) groups is 1. The van der Waals surface area contributed by atoms with E-state index >= 15 is 0 Å². The number of nitrogens with one attached hydrogen (secondary N) is 2. The quantitative estimate of drug-likeness (QED) is 0.809. The summed E-state index contributed by atoms with van der Waals surface area (Å²) in [5.74, 6) is 0.729. The molecule has 20 heavy (non-hydrogen) atoms. The van der Waals surface area contributed by atoms with E-state index in [0.29, 0.717) is 24.7 Å². The van der Waals surface area contributed by atoms with Gasteiger partial charge in [-0.3, -0.25) is 4.79 Å². The fourth-order valence-electron chi connectivity index (χ4n) is 3.41. The van der Waals surface area contributed by atoms with Gasteiger partial charge in [-0.1, -0.05) is 0 Å². The highest BCUT2D eigenvalue weighted by Crippen LogP contribution is 2.28. The maximum atomic E-state index is 12.3. The van der Waals surface area contributed by atoms with Gasteiger partial charge in [-0.15, -0.1) is 0 Å². The van der Waals surface area contributed by atoms with Gasteiger partial charge in [0.1, 0.15) is 19.0 Å². The molecule has 5 nitrogen and oxygen atoms in total. The third kappa shape index (κ3) is 3.66. The first-order chi connectivity index (χ1) is 9.19. The molecule has 0 aromatic carbocycles. The van der Waals surface area contributed by atoms with E-state index in [0.717, 1.165) is 12.8 Å². The van der Waals surface area contributed by atoms with Crippen LogP contribution in [-0.2, 0) is 14.3 Å². The lowest BCUT2D eigenvalue weighted by atomic mass is 9.79. The van der Waals surface area contributed by atoms with Crippen molar-refractivity contribution in [3.63, 3.8) is 0 Å². The zero-order chi connectivity index (χ0) is 15.0. The highest BCUT2D eigenvalue weighted by atomic mass is 16.6. The number of allylic oxidation sites excluding steroid dienone is 1. The van der Waals surface area contributed by atoms with Gasteiger partial charge in [-0.25, -0.2) is 0 Å². The fraction of sp³-hybridized carbons (Fsp3) is 0.800. The Morgan fingerprint density at radius 1 is 1.15 bits per heavy atom. The van der Waals surface area contributed by atoms with Gasteiger partial charge in [0.25, 0.3) is 5.91 Å². The average Bonchev–Trinajstić information content (AvgIpc) is 2.24. The summed E-state index contributed by atoms with van der Waals surface area (Å²) in [6, 6.07) is 0.138. The Balaban J connectivity index is 2.04. The predicted molar refractivity (Wildman–Crippen MR) is 77.1 cm³/mol. The van der Waals surface area contributed by atoms with Crippen LogP contribution >= 0.6 is 0 Å². The molecule has 114 valence electrons. The molecule has 1 saturated heterocycles. The van der Waals surface area contributed by atoms with Crippen LogP contribution in [0.1, 0.15) is 47.5 Å². The van der Waals surface area contributed by atoms with Gasteiger partial charge in [-0.2, -0.15) is 0 Å². The summed E-state index contributed by atoms with van der Waals surface area (Å²) in [5.41, 5.74) is 0.0140. The SMILES string of the molecule is CC1=C(C(=O)NC2CC(C)(C)NC(C)(C)C2)OCCO1. The number of hydrogen-bond acceptors (Lipinski definition) is 4. The Bertz CT molecular complexity index is 411. The normalized spacial score (nSPS) is 25.6. The maximum absolute atomic E-state index is 12.3. The van der Waals surface area contributed by atoms with Crippen molar-refractivity contribution in [2.24, 2.45) is 0 Å². The second kappa shape index (κ2) is 5.28. The molecule has 0 bridgehead atoms. The van der Waals surface area contributed by atoms with Crippen LogP contribution in [0.25, 0.3) is 0 Å². The van der Waals surface area contributed by atoms with E-state index in [1.54, 1.807) is 6.92 Å². The van der Waals surface area contributed by atoms with Gasteiger partial charge in [-0.05, 0) is 47.5 Å². The van der Waals surface area contributed by atoms with Gasteiger partial charge < -0.3 is 20.1 Å². The standard InChI is InChI=1S/C15H26N2O3/c1-10-12(20-7-6-19-10)13(18)16-11-8-14(2,3)17-15(4,5)9-11/h11,17H,6-9H2,1-5H3,(H,16,18). The van der Waals surface area contributed by atoms with Crippen LogP contribution in [0.3, 0.4) is 0 Å². The third-order valence-electron chi connectivity index (χ3n) is 3.70. The lowest BCUT2D eigenvalue weighted by molar-refractivity contribution is -0.124. The molecule has 2 N–H and O–H groups in total. The maximum Gasteiger partial charge on any atom is 0.290 e. The molecule has 0 aliphatic carbocycles. The van der Waals surface area contributed by atoms with Crippen molar-refractivity contribution in [2.45, 2.75) is 64.6 Å². The lowest BCUT2D eigenvalue weighted by Gasteiger charge is -2.46. The van der Waals surface area contributed by atoms with Crippen molar-refractivity contribution < 1.29 is 14.3 Å². The molecule has 1 amide bonds. The molecule has 2 aliphatic heterocycles. The summed E-state index contributed by atoms with van der Waals surface area (Å²) in [4.78, 5) is 12.3. The van der Waals surface area contributed by atoms with E-state index < -0.39 is 0 Å². The van der Waals surface area contributed by atoms with Crippen molar-refractivity contribution in [2.75, 3.05) is 13.2 Å². The van der Waals surface area contributed by atoms with E-state index in [1.807, 2.05) is 0 Å². The van der Waals surface area contributed by atoms with Crippen molar-refractivity contribution >= 4 is 5.91 Å². The fourth-order valence-corrected chi connectivity index (χ4v) is 3.41. The number of carbonyl (C=O) groups excluding carboxylic acids is 1. The highest BCUT2D eigenvalue weighted by molar-refractivity contribution is 5.92. The second-order valence-corrected chi connectivity index (χ2v) is 7.05. The van der Waals surface area contributed by atoms with Crippen LogP contribution < -0.4 is 10.6 Å². The summed E-state index contributed by atoms with van der Waals surface area (Å²) < 4.78 is 10.8. The molecule has 0 spiro atoms. The highest BCUT2D eigenvalue weighted by Gasteiger charge is 2.38. The summed E-state index contributed by atoms with van der Waals surface area (Å²) >= 11 is 0. The van der Waals surface area contributed by atoms with Crippen LogP contribution in [-0.4, -0.2) is 36.2 Å². The van der Waals surface area contributed by atoms with Crippen molar-refractivity contribution in [3.05, 3.63) is 11.5 Å². The topological polar surface area (TPSA) is 59.6 Å². The molecule has 0 atom stereocenters. The Labute approximate surface area is 121 Å². The molecule has 0 radical (unpaired) electrons. The van der Waals surface area contributed by atoms with E-state index in [-0.39, 0.29) is 23.0 Å². The second-order valence-electron chi connectivity index (χ2n) is 7.05. The van der Waals surface area contributed by atoms with Crippen molar-refractivity contribution in [1.29, 1.82) is 0 Å². The summed E-state index contributed by atoms with van der Waals surface area (Å²) in [5, 5.41) is 6.69. The predicted octanol–water partition coefficient (Wildman–Crippen LogP) is 1.69. The largest absolute Gasteiger partial charge is 0.491 e. The van der Waals surface area contributed by atoms with Crippen LogP contribution in [0, 0.1) is 0 Å². The van der Waals surface area contributed by atoms with Crippen molar-refractivity contribution in [3.8, 4) is 0 Å². The lowest BCUT2D eigenvalue weighted by Crippen LogP contribution is -2.62. The van der Waals surface area contributed by atoms with Crippen LogP contribution in [0.15, 0.2) is 11.5 Å². The summed E-state index contributed by atoms with van der Waals surface area (Å²) in [6.07, 6.45) is 1.80. The first-order valence-corrected chi connectivity index (χ1v) is 7.25. The minimum Gasteiger partial charge on any atom is -0.491 e. The smallest absolute Gasteiger partial charge is 0.290 e. The van der Waals surface area contributed by atoms with Crippen molar-refractivity contribution in [1.82, 2.24) is 10.6 Å². The Kier molecular flexibility index (Phi) is 4.00. The molecule has 1 fully saturated rings. The van der Waals surface area contributed by atoms with E-state index in [4.69, 9.17) is 9.47 Å². The molecule has 2 aliphatic rings. The molecular weight excluding hydrogens is 256 g/mol. The number of ether oxygens (including phenoxy) is 2. The summed E-state index contributed by atoms with van der Waals surface area (Å²) in [6.45, 7) is 11.4. The molecule has 0 unspecified atom stereocenters. The van der Waals surface area contributed by atoms with E-state index in [1.165, 1.54) is 0 Å². The molecule has 5 heteroatoms. The Hall–Kier alpha value is -1.23. The van der Waals surface area contributed by atoms with E-state index in [9.17, 15) is 4.79 Å². The summed E-state index contributed by atoms with van der Waals surface area (Å²) in [7, 11) is 0. The molecule has 2 heterocycles. The van der Waals surface area contributed by atoms with E-state index in [2.05, 4.69) is 38.3 Å². The molecule has 2 rings (SSSR count). The minimum atomic E-state index is -0.166. The van der Waals surface area contributed by atoms with Gasteiger partial charge in [0.2, 0.25) is 5.76 Å². The number of hydrogen-bond donors (Lipinski definition) is 2. The Morgan fingerprint density at radius 3 is 2.25 bits per heavy atom. The van der Waals surface area contributed by atoms with Gasteiger partial charge in [0.15, 0.2) is 0 Å². The number of rotatable bonds is 2. The van der Waals surface area contributed by atoms with Crippen LogP contribution in [0.4, 0.5) is 0 Å². The van der Waals surface area contributed by atoms with Crippen LogP contribution in [0.2, 0.25) is 0 Å². The first kappa shape index (κ1) is 15.2. The molecular formula is C15H26N2O3. The molecule has 0 saturated carbocycles. The zero-order valence-electron chi connectivity index (χ0n) is 13.1. The Morgan fingerprint density at radius 2 is 1.70 bits per heavy atom. The monoisotopic (exact) mass is 282 g/mol. The van der Waals surface area contributed by atoms with Gasteiger partial charge in [0, 0.05) is 17.1 Å². The minimum absolute atomic E-state index is 0.00699. The average molecular weight is 282 g/mol. The van der Waals surface area contributed by atoms with Gasteiger partial charge in [0.05, 0.1) is 0 Å². The first-order valence-electron chi connectivity index (χ1n) is 7.25. The number of piperidine rings is 1. The number of amides is 1. The molecule has 0 aromatic heterocycles. The van der Waals surface area contributed by atoms with Crippen LogP contribution in [0.5, 0.6) is 0 Å².